The highest BCUT2D eigenvalue weighted by molar-refractivity contribution is 5.24. The van der Waals surface area contributed by atoms with Crippen LogP contribution in [0.25, 0.3) is 0 Å². The highest BCUT2D eigenvalue weighted by Gasteiger charge is 2.29. The molecule has 112 valence electrons. The van der Waals surface area contributed by atoms with E-state index in [1.165, 1.54) is 6.42 Å². The molecule has 1 aliphatic rings. The minimum absolute atomic E-state index is 0.00316. The van der Waals surface area contributed by atoms with Gasteiger partial charge in [-0.25, -0.2) is 0 Å². The van der Waals surface area contributed by atoms with E-state index < -0.39 is 5.54 Å². The first-order valence-corrected chi connectivity index (χ1v) is 7.73. The van der Waals surface area contributed by atoms with Crippen LogP contribution >= 0.6 is 0 Å². The van der Waals surface area contributed by atoms with Gasteiger partial charge in [0.05, 0.1) is 12.1 Å². The summed E-state index contributed by atoms with van der Waals surface area (Å²) in [5, 5.41) is 9.72. The predicted octanol–water partition coefficient (Wildman–Crippen LogP) is 2.20. The van der Waals surface area contributed by atoms with Gasteiger partial charge >= 0.3 is 0 Å². The van der Waals surface area contributed by atoms with Crippen LogP contribution in [0.4, 0.5) is 0 Å². The fraction of sp³-hybridized carbons (Fsp3) is 0.647. The summed E-state index contributed by atoms with van der Waals surface area (Å²) in [5.74, 6) is 1.57. The molecule has 2 rings (SSSR count). The number of aliphatic hydroxyl groups is 1. The highest BCUT2D eigenvalue weighted by Crippen LogP contribution is 2.26. The van der Waals surface area contributed by atoms with Gasteiger partial charge in [-0.15, -0.1) is 0 Å². The zero-order valence-corrected chi connectivity index (χ0v) is 12.8. The maximum atomic E-state index is 9.72. The zero-order chi connectivity index (χ0) is 14.6. The van der Waals surface area contributed by atoms with Crippen LogP contribution in [-0.4, -0.2) is 36.2 Å². The molecule has 1 aromatic rings. The van der Waals surface area contributed by atoms with Crippen LogP contribution in [-0.2, 0) is 5.54 Å². The summed E-state index contributed by atoms with van der Waals surface area (Å²) in [6.07, 6.45) is 2.07. The van der Waals surface area contributed by atoms with E-state index in [0.29, 0.717) is 0 Å². The van der Waals surface area contributed by atoms with Crippen molar-refractivity contribution in [1.29, 1.82) is 0 Å². The molecule has 0 radical (unpaired) electrons. The number of hydrogen-bond acceptors (Lipinski definition) is 3. The second-order valence-electron chi connectivity index (χ2n) is 6.47. The molecule has 3 nitrogen and oxygen atoms in total. The fourth-order valence-electron chi connectivity index (χ4n) is 2.99. The molecule has 20 heavy (non-hydrogen) atoms. The molecular weight excluding hydrogens is 248 g/mol. The molecule has 1 aromatic carbocycles. The first-order valence-electron chi connectivity index (χ1n) is 7.73. The summed E-state index contributed by atoms with van der Waals surface area (Å²) in [4.78, 5) is 2.49. The Morgan fingerprint density at radius 3 is 2.55 bits per heavy atom. The Balaban J connectivity index is 1.94. The third-order valence-corrected chi connectivity index (χ3v) is 4.92. The van der Waals surface area contributed by atoms with Crippen molar-refractivity contribution in [2.75, 3.05) is 26.2 Å². The number of rotatable bonds is 5. The SMILES string of the molecule is CC1CCN(CCC(N)(CO)c2ccccc2)CC1C. The van der Waals surface area contributed by atoms with Gasteiger partial charge < -0.3 is 15.7 Å². The molecule has 1 heterocycles. The molecule has 0 aromatic heterocycles. The van der Waals surface area contributed by atoms with Gasteiger partial charge in [0.25, 0.3) is 0 Å². The van der Waals surface area contributed by atoms with Gasteiger partial charge in [-0.2, -0.15) is 0 Å². The number of likely N-dealkylation sites (tertiary alicyclic amines) is 1. The maximum absolute atomic E-state index is 9.72. The quantitative estimate of drug-likeness (QED) is 0.867. The second kappa shape index (κ2) is 6.70. The second-order valence-corrected chi connectivity index (χ2v) is 6.47. The van der Waals surface area contributed by atoms with Crippen LogP contribution < -0.4 is 5.73 Å². The Morgan fingerprint density at radius 1 is 1.25 bits per heavy atom. The van der Waals surface area contributed by atoms with Crippen LogP contribution in [0.5, 0.6) is 0 Å². The number of nitrogens with two attached hydrogens (primary N) is 1. The Labute approximate surface area is 122 Å². The average molecular weight is 276 g/mol. The standard InChI is InChI=1S/C17H28N2O/c1-14-8-10-19(12-15(14)2)11-9-17(18,13-20)16-6-4-3-5-7-16/h3-7,14-15,20H,8-13,18H2,1-2H3. The van der Waals surface area contributed by atoms with Crippen LogP contribution in [0.2, 0.25) is 0 Å². The van der Waals surface area contributed by atoms with E-state index >= 15 is 0 Å². The Morgan fingerprint density at radius 2 is 1.95 bits per heavy atom. The normalized spacial score (nSPS) is 27.2. The smallest absolute Gasteiger partial charge is 0.0656 e. The number of benzene rings is 1. The van der Waals surface area contributed by atoms with E-state index in [-0.39, 0.29) is 6.61 Å². The highest BCUT2D eigenvalue weighted by atomic mass is 16.3. The van der Waals surface area contributed by atoms with E-state index in [9.17, 15) is 5.11 Å². The van der Waals surface area contributed by atoms with Gasteiger partial charge in [0.2, 0.25) is 0 Å². The molecule has 1 aliphatic heterocycles. The molecule has 0 aliphatic carbocycles. The average Bonchev–Trinajstić information content (AvgIpc) is 2.49. The van der Waals surface area contributed by atoms with Crippen molar-refractivity contribution in [1.82, 2.24) is 4.90 Å². The van der Waals surface area contributed by atoms with Gasteiger partial charge in [0, 0.05) is 13.1 Å². The summed E-state index contributed by atoms with van der Waals surface area (Å²) in [6, 6.07) is 9.97. The molecule has 3 heteroatoms. The van der Waals surface area contributed by atoms with Crippen LogP contribution in [0.1, 0.15) is 32.3 Å². The molecule has 3 N–H and O–H groups in total. The van der Waals surface area contributed by atoms with Crippen molar-refractivity contribution in [2.45, 2.75) is 32.2 Å². The molecule has 1 fully saturated rings. The van der Waals surface area contributed by atoms with Crippen molar-refractivity contribution in [2.24, 2.45) is 17.6 Å². The van der Waals surface area contributed by atoms with Crippen molar-refractivity contribution in [3.8, 4) is 0 Å². The van der Waals surface area contributed by atoms with E-state index in [0.717, 1.165) is 43.5 Å². The molecule has 0 amide bonds. The van der Waals surface area contributed by atoms with Crippen LogP contribution in [0, 0.1) is 11.8 Å². The summed E-state index contributed by atoms with van der Waals surface area (Å²) in [5.41, 5.74) is 6.83. The van der Waals surface area contributed by atoms with Gasteiger partial charge in [0.1, 0.15) is 0 Å². The lowest BCUT2D eigenvalue weighted by molar-refractivity contribution is 0.113. The topological polar surface area (TPSA) is 49.5 Å². The number of hydrogen-bond donors (Lipinski definition) is 2. The Kier molecular flexibility index (Phi) is 5.19. The van der Waals surface area contributed by atoms with E-state index in [1.54, 1.807) is 0 Å². The lowest BCUT2D eigenvalue weighted by Gasteiger charge is -2.37. The molecule has 0 bridgehead atoms. The summed E-state index contributed by atoms with van der Waals surface area (Å²) in [6.45, 7) is 7.93. The van der Waals surface area contributed by atoms with Crippen molar-refractivity contribution < 1.29 is 5.11 Å². The minimum atomic E-state index is -0.617. The first kappa shape index (κ1) is 15.5. The van der Waals surface area contributed by atoms with Gasteiger partial charge in [-0.3, -0.25) is 0 Å². The Hall–Kier alpha value is -0.900. The molecule has 0 saturated carbocycles. The van der Waals surface area contributed by atoms with E-state index in [4.69, 9.17) is 5.73 Å². The van der Waals surface area contributed by atoms with Crippen molar-refractivity contribution in [3.05, 3.63) is 35.9 Å². The van der Waals surface area contributed by atoms with Crippen LogP contribution in [0.15, 0.2) is 30.3 Å². The molecule has 0 spiro atoms. The number of nitrogens with zero attached hydrogens (tertiary/aromatic N) is 1. The largest absolute Gasteiger partial charge is 0.394 e. The molecule has 3 atom stereocenters. The molecular formula is C17H28N2O. The van der Waals surface area contributed by atoms with Crippen molar-refractivity contribution in [3.63, 3.8) is 0 Å². The fourth-order valence-corrected chi connectivity index (χ4v) is 2.99. The summed E-state index contributed by atoms with van der Waals surface area (Å²) >= 11 is 0. The summed E-state index contributed by atoms with van der Waals surface area (Å²) < 4.78 is 0. The lowest BCUT2D eigenvalue weighted by Crippen LogP contribution is -2.46. The lowest BCUT2D eigenvalue weighted by atomic mass is 9.86. The van der Waals surface area contributed by atoms with E-state index in [1.807, 2.05) is 30.3 Å². The van der Waals surface area contributed by atoms with Crippen molar-refractivity contribution >= 4 is 0 Å². The van der Waals surface area contributed by atoms with Gasteiger partial charge in [0.15, 0.2) is 0 Å². The third kappa shape index (κ3) is 3.60. The third-order valence-electron chi connectivity index (χ3n) is 4.92. The first-order chi connectivity index (χ1) is 9.55. The Bertz CT molecular complexity index is 409. The monoisotopic (exact) mass is 276 g/mol. The maximum Gasteiger partial charge on any atom is 0.0656 e. The van der Waals surface area contributed by atoms with Gasteiger partial charge in [-0.1, -0.05) is 44.2 Å². The predicted molar refractivity (Wildman–Crippen MR) is 83.4 cm³/mol. The van der Waals surface area contributed by atoms with E-state index in [2.05, 4.69) is 18.7 Å². The summed E-state index contributed by atoms with van der Waals surface area (Å²) in [7, 11) is 0. The molecule has 1 saturated heterocycles. The number of aliphatic hydroxyl groups excluding tert-OH is 1. The molecule has 3 unspecified atom stereocenters. The minimum Gasteiger partial charge on any atom is -0.394 e. The number of piperidine rings is 1. The van der Waals surface area contributed by atoms with Gasteiger partial charge in [-0.05, 0) is 36.8 Å². The van der Waals surface area contributed by atoms with Crippen LogP contribution in [0.3, 0.4) is 0 Å². The zero-order valence-electron chi connectivity index (χ0n) is 12.8.